The Morgan fingerprint density at radius 3 is 2.63 bits per heavy atom. The van der Waals surface area contributed by atoms with Crippen molar-refractivity contribution in [2.24, 2.45) is 15.1 Å². The molecule has 2 N–H and O–H groups in total. The fourth-order valence-corrected chi connectivity index (χ4v) is 3.32. The lowest BCUT2D eigenvalue weighted by Crippen LogP contribution is -2.23. The van der Waals surface area contributed by atoms with E-state index in [0.29, 0.717) is 40.7 Å². The Hall–Kier alpha value is -2.35. The van der Waals surface area contributed by atoms with Crippen molar-refractivity contribution in [3.63, 3.8) is 0 Å². The minimum absolute atomic E-state index is 0.0328. The zero-order valence-electron chi connectivity index (χ0n) is 16.0. The van der Waals surface area contributed by atoms with E-state index in [9.17, 15) is 8.78 Å². The van der Waals surface area contributed by atoms with E-state index >= 15 is 0 Å². The van der Waals surface area contributed by atoms with Crippen molar-refractivity contribution < 1.29 is 13.9 Å². The first-order valence-corrected chi connectivity index (χ1v) is 10.3. The van der Waals surface area contributed by atoms with Gasteiger partial charge in [-0.05, 0) is 49.6 Å². The van der Waals surface area contributed by atoms with Crippen LogP contribution >= 0.6 is 23.2 Å². The molecule has 0 aliphatic carbocycles. The van der Waals surface area contributed by atoms with E-state index < -0.39 is 11.6 Å². The highest BCUT2D eigenvalue weighted by Crippen LogP contribution is 2.30. The van der Waals surface area contributed by atoms with Crippen molar-refractivity contribution in [2.45, 2.75) is 19.3 Å². The highest BCUT2D eigenvalue weighted by atomic mass is 35.5. The summed E-state index contributed by atoms with van der Waals surface area (Å²) in [5, 5.41) is 13.6. The molecular weight excluding hydrogens is 433 g/mol. The average Bonchev–Trinajstić information content (AvgIpc) is 2.90. The Balaban J connectivity index is 1.95. The molecule has 2 aromatic rings. The van der Waals surface area contributed by atoms with Crippen LogP contribution in [0.4, 0.5) is 14.5 Å². The second kappa shape index (κ2) is 10.6. The van der Waals surface area contributed by atoms with Crippen LogP contribution in [0.3, 0.4) is 0 Å². The molecular formula is C21H20Cl2F2N4O. The van der Waals surface area contributed by atoms with Gasteiger partial charge < -0.3 is 5.11 Å². The van der Waals surface area contributed by atoms with Crippen LogP contribution < -0.4 is 5.43 Å². The number of benzene rings is 2. The van der Waals surface area contributed by atoms with E-state index in [0.717, 1.165) is 6.42 Å². The Labute approximate surface area is 183 Å². The SMILES string of the molecule is OCCCCC(CCl)=NNC1=Nc2ccc(Cl)cc2C(c2c(F)cccc2F)=NC1. The third-order valence-electron chi connectivity index (χ3n) is 4.43. The number of aliphatic hydroxyl groups is 1. The zero-order chi connectivity index (χ0) is 21.5. The highest BCUT2D eigenvalue weighted by Gasteiger charge is 2.22. The predicted octanol–water partition coefficient (Wildman–Crippen LogP) is 4.85. The summed E-state index contributed by atoms with van der Waals surface area (Å²) in [6.07, 6.45) is 2.05. The lowest BCUT2D eigenvalue weighted by atomic mass is 9.99. The maximum absolute atomic E-state index is 14.4. The molecule has 0 fully saturated rings. The van der Waals surface area contributed by atoms with Gasteiger partial charge in [-0.1, -0.05) is 17.7 Å². The molecule has 5 nitrogen and oxygen atoms in total. The van der Waals surface area contributed by atoms with Crippen LogP contribution in [0.1, 0.15) is 30.4 Å². The minimum Gasteiger partial charge on any atom is -0.396 e. The molecule has 0 bridgehead atoms. The van der Waals surface area contributed by atoms with E-state index in [1.54, 1.807) is 18.2 Å². The second-order valence-electron chi connectivity index (χ2n) is 6.59. The van der Waals surface area contributed by atoms with Gasteiger partial charge in [-0.2, -0.15) is 5.10 Å². The summed E-state index contributed by atoms with van der Waals surface area (Å²) in [6.45, 7) is 0.143. The summed E-state index contributed by atoms with van der Waals surface area (Å²) < 4.78 is 28.9. The molecule has 9 heteroatoms. The number of amidine groups is 1. The van der Waals surface area contributed by atoms with E-state index in [4.69, 9.17) is 28.3 Å². The van der Waals surface area contributed by atoms with Crippen LogP contribution in [-0.4, -0.2) is 41.4 Å². The van der Waals surface area contributed by atoms with Crippen LogP contribution in [0.15, 0.2) is 51.5 Å². The van der Waals surface area contributed by atoms with Crippen LogP contribution in [0.5, 0.6) is 0 Å². The van der Waals surface area contributed by atoms with Gasteiger partial charge in [0, 0.05) is 17.2 Å². The van der Waals surface area contributed by atoms with E-state index in [1.807, 2.05) is 0 Å². The van der Waals surface area contributed by atoms with Crippen LogP contribution in [0.2, 0.25) is 5.02 Å². The Kier molecular flexibility index (Phi) is 7.90. The molecule has 0 spiro atoms. The molecule has 2 aromatic carbocycles. The molecule has 0 saturated carbocycles. The van der Waals surface area contributed by atoms with Gasteiger partial charge in [0.05, 0.1) is 35.1 Å². The fraction of sp³-hybridized carbons (Fsp3) is 0.286. The molecule has 0 amide bonds. The van der Waals surface area contributed by atoms with Crippen molar-refractivity contribution >= 4 is 46.1 Å². The molecule has 0 saturated heterocycles. The molecule has 0 radical (unpaired) electrons. The van der Waals surface area contributed by atoms with Crippen molar-refractivity contribution in [3.8, 4) is 0 Å². The predicted molar refractivity (Wildman–Crippen MR) is 118 cm³/mol. The molecule has 0 aromatic heterocycles. The van der Waals surface area contributed by atoms with Crippen molar-refractivity contribution in [1.82, 2.24) is 5.43 Å². The third kappa shape index (κ3) is 5.41. The fourth-order valence-electron chi connectivity index (χ4n) is 2.95. The van der Waals surface area contributed by atoms with Crippen molar-refractivity contribution in [1.29, 1.82) is 0 Å². The topological polar surface area (TPSA) is 69.3 Å². The van der Waals surface area contributed by atoms with E-state index in [-0.39, 0.29) is 30.3 Å². The molecule has 1 aliphatic rings. The quantitative estimate of drug-likeness (QED) is 0.273. The normalized spacial score (nSPS) is 14.0. The number of unbranched alkanes of at least 4 members (excludes halogenated alkanes) is 1. The highest BCUT2D eigenvalue weighted by molar-refractivity contribution is 6.31. The Bertz CT molecular complexity index is 988. The summed E-state index contributed by atoms with van der Waals surface area (Å²) in [6, 6.07) is 8.54. The maximum Gasteiger partial charge on any atom is 0.144 e. The van der Waals surface area contributed by atoms with Crippen molar-refractivity contribution in [2.75, 3.05) is 19.0 Å². The lowest BCUT2D eigenvalue weighted by molar-refractivity contribution is 0.285. The summed E-state index contributed by atoms with van der Waals surface area (Å²) in [4.78, 5) is 8.92. The number of alkyl halides is 1. The number of aliphatic hydroxyl groups excluding tert-OH is 1. The second-order valence-corrected chi connectivity index (χ2v) is 7.29. The number of fused-ring (bicyclic) bond motifs is 1. The third-order valence-corrected chi connectivity index (χ3v) is 4.97. The number of hydrogen-bond donors (Lipinski definition) is 2. The largest absolute Gasteiger partial charge is 0.396 e. The van der Waals surface area contributed by atoms with Crippen molar-refractivity contribution in [3.05, 3.63) is 64.2 Å². The first-order valence-electron chi connectivity index (χ1n) is 9.38. The first kappa shape index (κ1) is 22.3. The number of aliphatic imine (C=N–C) groups is 2. The van der Waals surface area contributed by atoms with Crippen LogP contribution in [0, 0.1) is 11.6 Å². The smallest absolute Gasteiger partial charge is 0.144 e. The average molecular weight is 453 g/mol. The number of hydrogen-bond acceptors (Lipinski definition) is 5. The number of hydrazone groups is 1. The summed E-state index contributed by atoms with van der Waals surface area (Å²) >= 11 is 12.1. The lowest BCUT2D eigenvalue weighted by Gasteiger charge is -2.10. The van der Waals surface area contributed by atoms with Gasteiger partial charge in [0.1, 0.15) is 17.5 Å². The molecule has 1 aliphatic heterocycles. The van der Waals surface area contributed by atoms with Gasteiger partial charge in [0.25, 0.3) is 0 Å². The van der Waals surface area contributed by atoms with Gasteiger partial charge in [-0.25, -0.2) is 13.8 Å². The van der Waals surface area contributed by atoms with E-state index in [1.165, 1.54) is 18.2 Å². The van der Waals surface area contributed by atoms with E-state index in [2.05, 4.69) is 20.5 Å². The minimum atomic E-state index is -0.720. The zero-order valence-corrected chi connectivity index (χ0v) is 17.5. The number of halogens is 4. The molecule has 1 heterocycles. The van der Waals surface area contributed by atoms with Crippen LogP contribution in [0.25, 0.3) is 0 Å². The summed E-state index contributed by atoms with van der Waals surface area (Å²) in [5.74, 6) is -0.813. The first-order chi connectivity index (χ1) is 14.5. The Morgan fingerprint density at radius 1 is 1.17 bits per heavy atom. The van der Waals surface area contributed by atoms with Gasteiger partial charge in [-0.15, -0.1) is 11.6 Å². The molecule has 158 valence electrons. The summed E-state index contributed by atoms with van der Waals surface area (Å²) in [5.41, 5.74) is 4.35. The monoisotopic (exact) mass is 452 g/mol. The molecule has 3 rings (SSSR count). The summed E-state index contributed by atoms with van der Waals surface area (Å²) in [7, 11) is 0. The molecule has 30 heavy (non-hydrogen) atoms. The van der Waals surface area contributed by atoms with Gasteiger partial charge >= 0.3 is 0 Å². The van der Waals surface area contributed by atoms with Crippen LogP contribution in [-0.2, 0) is 0 Å². The standard InChI is InChI=1S/C21H20Cl2F2N4O/c22-11-14(4-1-2-9-30)28-29-19-12-26-21(20-16(24)5-3-6-17(20)25)15-10-13(23)7-8-18(15)27-19/h3,5-8,10,30H,1-2,4,9,11-12H2,(H,27,29). The number of nitrogens with zero attached hydrogens (tertiary/aromatic N) is 3. The van der Waals surface area contributed by atoms with Gasteiger partial charge in [-0.3, -0.25) is 10.4 Å². The Morgan fingerprint density at radius 2 is 1.93 bits per heavy atom. The maximum atomic E-state index is 14.4. The van der Waals surface area contributed by atoms with Gasteiger partial charge in [0.15, 0.2) is 0 Å². The van der Waals surface area contributed by atoms with Gasteiger partial charge in [0.2, 0.25) is 0 Å². The molecule has 0 atom stereocenters. The number of rotatable bonds is 7. The number of nitrogens with one attached hydrogen (secondary N) is 1. The molecule has 0 unspecified atom stereocenters.